The van der Waals surface area contributed by atoms with E-state index in [-0.39, 0.29) is 29.0 Å². The van der Waals surface area contributed by atoms with Gasteiger partial charge in [0.25, 0.3) is 5.56 Å². The molecular formula is C24H31FN4O3. The minimum Gasteiger partial charge on any atom is -0.388 e. The average Bonchev–Trinajstić information content (AvgIpc) is 3.09. The fraction of sp³-hybridized carbons (Fsp3) is 0.542. The Morgan fingerprint density at radius 2 is 1.91 bits per heavy atom. The van der Waals surface area contributed by atoms with Crippen LogP contribution in [0.1, 0.15) is 76.7 Å². The largest absolute Gasteiger partial charge is 0.388 e. The Morgan fingerprint density at radius 1 is 1.19 bits per heavy atom. The molecule has 32 heavy (non-hydrogen) atoms. The standard InChI is InChI=1S/C24H31FN4O3/c1-5-27-22(13-30)26-29(24(27)32)21-11-16-17(10-19(21)25)23(31)28(12-18(16)14(2)3)20-9-7-6-8-15(20)4/h10-12,14-15,20,30H,5-9,13H2,1-4H3/t15-,20-/m0/s1. The normalized spacial score (nSPS) is 19.2. The molecule has 7 nitrogen and oxygen atoms in total. The van der Waals surface area contributed by atoms with E-state index in [1.54, 1.807) is 13.0 Å². The second kappa shape index (κ2) is 8.65. The number of pyridine rings is 1. The molecule has 0 saturated heterocycles. The summed E-state index contributed by atoms with van der Waals surface area (Å²) in [6.45, 7) is 7.90. The number of hydrogen-bond donors (Lipinski definition) is 1. The highest BCUT2D eigenvalue weighted by atomic mass is 19.1. The molecule has 1 saturated carbocycles. The molecule has 172 valence electrons. The Balaban J connectivity index is 1.98. The minimum atomic E-state index is -0.689. The molecule has 1 aliphatic carbocycles. The third-order valence-electron chi connectivity index (χ3n) is 6.81. The van der Waals surface area contributed by atoms with Gasteiger partial charge in [0, 0.05) is 18.8 Å². The van der Waals surface area contributed by atoms with Crippen LogP contribution in [0, 0.1) is 11.7 Å². The molecule has 0 bridgehead atoms. The SMILES string of the molecule is CCn1c(CO)nn(-c2cc3c(C(C)C)cn([C@H]4CCCC[C@@H]4C)c(=O)c3cc2F)c1=O. The Labute approximate surface area is 186 Å². The number of fused-ring (bicyclic) bond motifs is 1. The second-order valence-electron chi connectivity index (χ2n) is 9.14. The van der Waals surface area contributed by atoms with Crippen LogP contribution in [0.5, 0.6) is 0 Å². The van der Waals surface area contributed by atoms with Crippen molar-refractivity contribution in [2.75, 3.05) is 0 Å². The fourth-order valence-electron chi connectivity index (χ4n) is 5.00. The summed E-state index contributed by atoms with van der Waals surface area (Å²) in [5, 5.41) is 14.6. The molecule has 0 aliphatic heterocycles. The number of halogens is 1. The van der Waals surface area contributed by atoms with Gasteiger partial charge < -0.3 is 9.67 Å². The summed E-state index contributed by atoms with van der Waals surface area (Å²) in [4.78, 5) is 26.2. The van der Waals surface area contributed by atoms with E-state index in [4.69, 9.17) is 0 Å². The predicted octanol–water partition coefficient (Wildman–Crippen LogP) is 3.87. The van der Waals surface area contributed by atoms with Crippen molar-refractivity contribution in [3.63, 3.8) is 0 Å². The van der Waals surface area contributed by atoms with Gasteiger partial charge in [0.05, 0.1) is 5.39 Å². The third-order valence-corrected chi connectivity index (χ3v) is 6.81. The molecule has 1 N–H and O–H groups in total. The first-order valence-corrected chi connectivity index (χ1v) is 11.5. The van der Waals surface area contributed by atoms with Gasteiger partial charge in [-0.25, -0.2) is 9.18 Å². The maximum atomic E-state index is 15.3. The Hall–Kier alpha value is -2.74. The lowest BCUT2D eigenvalue weighted by Crippen LogP contribution is -2.31. The van der Waals surface area contributed by atoms with E-state index in [1.165, 1.54) is 17.1 Å². The van der Waals surface area contributed by atoms with E-state index in [0.29, 0.717) is 23.2 Å². The molecule has 2 atom stereocenters. The lowest BCUT2D eigenvalue weighted by atomic mass is 9.85. The minimum absolute atomic E-state index is 0.0190. The zero-order valence-corrected chi connectivity index (χ0v) is 19.1. The van der Waals surface area contributed by atoms with Crippen LogP contribution in [0.4, 0.5) is 4.39 Å². The maximum absolute atomic E-state index is 15.3. The van der Waals surface area contributed by atoms with Gasteiger partial charge in [-0.2, -0.15) is 4.68 Å². The summed E-state index contributed by atoms with van der Waals surface area (Å²) in [5.74, 6) is -0.0372. The predicted molar refractivity (Wildman–Crippen MR) is 122 cm³/mol. The number of aliphatic hydroxyl groups excluding tert-OH is 1. The molecule has 3 aromatic rings. The number of aliphatic hydroxyl groups is 1. The summed E-state index contributed by atoms with van der Waals surface area (Å²) >= 11 is 0. The van der Waals surface area contributed by atoms with Gasteiger partial charge in [-0.05, 0) is 54.7 Å². The smallest absolute Gasteiger partial charge is 0.350 e. The Kier molecular flexibility index (Phi) is 6.07. The molecule has 8 heteroatoms. The van der Waals surface area contributed by atoms with Gasteiger partial charge in [-0.15, -0.1) is 5.10 Å². The molecule has 1 fully saturated rings. The third kappa shape index (κ3) is 3.60. The van der Waals surface area contributed by atoms with Gasteiger partial charge in [0.15, 0.2) is 5.82 Å². The number of rotatable bonds is 5. The summed E-state index contributed by atoms with van der Waals surface area (Å²) in [6, 6.07) is 2.89. The van der Waals surface area contributed by atoms with Crippen LogP contribution in [0.15, 0.2) is 27.9 Å². The van der Waals surface area contributed by atoms with E-state index < -0.39 is 18.1 Å². The summed E-state index contributed by atoms with van der Waals surface area (Å²) < 4.78 is 19.4. The molecule has 1 aromatic carbocycles. The van der Waals surface area contributed by atoms with Crippen LogP contribution in [0.3, 0.4) is 0 Å². The van der Waals surface area contributed by atoms with Crippen LogP contribution in [-0.2, 0) is 13.2 Å². The summed E-state index contributed by atoms with van der Waals surface area (Å²) in [7, 11) is 0. The first kappa shape index (κ1) is 22.5. The molecule has 0 radical (unpaired) electrons. The average molecular weight is 443 g/mol. The van der Waals surface area contributed by atoms with Crippen molar-refractivity contribution >= 4 is 10.8 Å². The number of benzene rings is 1. The molecule has 4 rings (SSSR count). The zero-order valence-electron chi connectivity index (χ0n) is 19.1. The second-order valence-corrected chi connectivity index (χ2v) is 9.14. The van der Waals surface area contributed by atoms with Crippen LogP contribution in [0.25, 0.3) is 16.5 Å². The van der Waals surface area contributed by atoms with Crippen LogP contribution >= 0.6 is 0 Å². The highest BCUT2D eigenvalue weighted by Crippen LogP contribution is 2.35. The molecule has 0 amide bonds. The van der Waals surface area contributed by atoms with E-state index in [9.17, 15) is 14.7 Å². The topological polar surface area (TPSA) is 82.0 Å². The van der Waals surface area contributed by atoms with E-state index >= 15 is 4.39 Å². The van der Waals surface area contributed by atoms with Crippen molar-refractivity contribution in [2.45, 2.75) is 78.5 Å². The lowest BCUT2D eigenvalue weighted by molar-refractivity contribution is 0.252. The highest BCUT2D eigenvalue weighted by Gasteiger charge is 2.26. The first-order valence-electron chi connectivity index (χ1n) is 11.5. The van der Waals surface area contributed by atoms with Crippen LogP contribution in [0.2, 0.25) is 0 Å². The summed E-state index contributed by atoms with van der Waals surface area (Å²) in [5.41, 5.74) is 0.194. The van der Waals surface area contributed by atoms with E-state index in [1.807, 2.05) is 24.6 Å². The van der Waals surface area contributed by atoms with Crippen molar-refractivity contribution in [2.24, 2.45) is 5.92 Å². The molecule has 0 spiro atoms. The zero-order chi connectivity index (χ0) is 23.2. The maximum Gasteiger partial charge on any atom is 0.350 e. The first-order chi connectivity index (χ1) is 15.3. The van der Waals surface area contributed by atoms with Crippen LogP contribution in [-0.4, -0.2) is 24.0 Å². The molecule has 0 unspecified atom stereocenters. The van der Waals surface area contributed by atoms with Gasteiger partial charge in [-0.1, -0.05) is 33.6 Å². The number of nitrogens with zero attached hydrogens (tertiary/aromatic N) is 4. The molecular weight excluding hydrogens is 411 g/mol. The van der Waals surface area contributed by atoms with Crippen LogP contribution < -0.4 is 11.2 Å². The highest BCUT2D eigenvalue weighted by molar-refractivity contribution is 5.87. The summed E-state index contributed by atoms with van der Waals surface area (Å²) in [6.07, 6.45) is 6.20. The number of aromatic nitrogens is 4. The number of hydrogen-bond acceptors (Lipinski definition) is 4. The van der Waals surface area contributed by atoms with Crippen molar-refractivity contribution in [3.8, 4) is 5.69 Å². The van der Waals surface area contributed by atoms with Crippen molar-refractivity contribution in [1.82, 2.24) is 18.9 Å². The molecule has 2 aromatic heterocycles. The Bertz CT molecular complexity index is 1270. The van der Waals surface area contributed by atoms with Gasteiger partial charge in [0.1, 0.15) is 18.1 Å². The van der Waals surface area contributed by atoms with E-state index in [0.717, 1.165) is 29.5 Å². The van der Waals surface area contributed by atoms with Crippen molar-refractivity contribution < 1.29 is 9.50 Å². The quantitative estimate of drug-likeness (QED) is 0.650. The molecule has 1 aliphatic rings. The van der Waals surface area contributed by atoms with Gasteiger partial charge in [-0.3, -0.25) is 9.36 Å². The molecule has 2 heterocycles. The Morgan fingerprint density at radius 3 is 2.50 bits per heavy atom. The van der Waals surface area contributed by atoms with Crippen molar-refractivity contribution in [1.29, 1.82) is 0 Å². The van der Waals surface area contributed by atoms with Gasteiger partial charge >= 0.3 is 5.69 Å². The van der Waals surface area contributed by atoms with E-state index in [2.05, 4.69) is 12.0 Å². The van der Waals surface area contributed by atoms with Crippen molar-refractivity contribution in [3.05, 3.63) is 56.4 Å². The fourth-order valence-corrected chi connectivity index (χ4v) is 5.00. The lowest BCUT2D eigenvalue weighted by Gasteiger charge is -2.31. The monoisotopic (exact) mass is 442 g/mol. The van der Waals surface area contributed by atoms with Gasteiger partial charge in [0.2, 0.25) is 0 Å².